The summed E-state index contributed by atoms with van der Waals surface area (Å²) >= 11 is 0. The maximum atomic E-state index is 12.0. The Bertz CT molecular complexity index is 460. The van der Waals surface area contributed by atoms with Crippen molar-refractivity contribution in [1.29, 1.82) is 0 Å². The molecule has 0 spiro atoms. The molecule has 0 fully saturated rings. The lowest BCUT2D eigenvalue weighted by Crippen LogP contribution is -2.48. The van der Waals surface area contributed by atoms with Crippen LogP contribution in [0.1, 0.15) is 26.3 Å². The average molecular weight is 291 g/mol. The van der Waals surface area contributed by atoms with Crippen LogP contribution in [0.15, 0.2) is 30.3 Å². The van der Waals surface area contributed by atoms with Crippen LogP contribution in [0.5, 0.6) is 0 Å². The van der Waals surface area contributed by atoms with E-state index in [2.05, 4.69) is 10.6 Å². The Labute approximate surface area is 126 Å². The molecule has 0 unspecified atom stereocenters. The summed E-state index contributed by atoms with van der Waals surface area (Å²) in [6.45, 7) is 6.99. The number of nitrogens with zero attached hydrogens (tertiary/aromatic N) is 1. The van der Waals surface area contributed by atoms with Crippen LogP contribution >= 0.6 is 0 Å². The SMILES string of the molecule is CC(C)CNC(=O)NC(=O)[C@H](C)N(C)Cc1ccccc1. The number of hydrogen-bond acceptors (Lipinski definition) is 3. The van der Waals surface area contributed by atoms with Gasteiger partial charge in [0.25, 0.3) is 0 Å². The van der Waals surface area contributed by atoms with Gasteiger partial charge in [-0.2, -0.15) is 0 Å². The average Bonchev–Trinajstić information content (AvgIpc) is 2.45. The summed E-state index contributed by atoms with van der Waals surface area (Å²) in [5, 5.41) is 5.04. The Kier molecular flexibility index (Phi) is 6.88. The third-order valence-corrected chi connectivity index (χ3v) is 3.22. The molecule has 1 rings (SSSR count). The molecule has 116 valence electrons. The second-order valence-corrected chi connectivity index (χ2v) is 5.67. The third-order valence-electron chi connectivity index (χ3n) is 3.22. The van der Waals surface area contributed by atoms with Gasteiger partial charge in [0.05, 0.1) is 6.04 Å². The van der Waals surface area contributed by atoms with Gasteiger partial charge in [0.1, 0.15) is 0 Å². The fraction of sp³-hybridized carbons (Fsp3) is 0.500. The smallest absolute Gasteiger partial charge is 0.321 e. The number of imide groups is 1. The van der Waals surface area contributed by atoms with Gasteiger partial charge in [-0.3, -0.25) is 15.0 Å². The summed E-state index contributed by atoms with van der Waals surface area (Å²) in [5.74, 6) is 0.0544. The van der Waals surface area contributed by atoms with Gasteiger partial charge in [-0.1, -0.05) is 44.2 Å². The molecule has 1 aromatic rings. The molecule has 0 aliphatic rings. The van der Waals surface area contributed by atoms with E-state index in [0.29, 0.717) is 19.0 Å². The van der Waals surface area contributed by atoms with E-state index in [0.717, 1.165) is 5.56 Å². The maximum absolute atomic E-state index is 12.0. The quantitative estimate of drug-likeness (QED) is 0.842. The Hall–Kier alpha value is -1.88. The number of carbonyl (C=O) groups is 2. The molecular formula is C16H25N3O2. The molecule has 0 heterocycles. The molecule has 0 saturated heterocycles. The van der Waals surface area contributed by atoms with Crippen LogP contribution in [0.3, 0.4) is 0 Å². The van der Waals surface area contributed by atoms with E-state index in [-0.39, 0.29) is 11.9 Å². The molecule has 1 aromatic carbocycles. The summed E-state index contributed by atoms with van der Waals surface area (Å²) in [7, 11) is 1.86. The second kappa shape index (κ2) is 8.42. The summed E-state index contributed by atoms with van der Waals surface area (Å²) in [4.78, 5) is 25.5. The first-order chi connectivity index (χ1) is 9.90. The minimum Gasteiger partial charge on any atom is -0.338 e. The molecule has 0 aliphatic carbocycles. The minimum absolute atomic E-state index is 0.297. The Morgan fingerprint density at radius 1 is 1.14 bits per heavy atom. The molecule has 1 atom stereocenters. The zero-order chi connectivity index (χ0) is 15.8. The zero-order valence-electron chi connectivity index (χ0n) is 13.2. The van der Waals surface area contributed by atoms with Gasteiger partial charge in [0.15, 0.2) is 0 Å². The predicted octanol–water partition coefficient (Wildman–Crippen LogP) is 1.99. The standard InChI is InChI=1S/C16H25N3O2/c1-12(2)10-17-16(21)18-15(20)13(3)19(4)11-14-8-6-5-7-9-14/h5-9,12-13H,10-11H2,1-4H3,(H2,17,18,20,21)/t13-/m0/s1. The number of nitrogens with one attached hydrogen (secondary N) is 2. The van der Waals surface area contributed by atoms with E-state index < -0.39 is 6.03 Å². The van der Waals surface area contributed by atoms with Crippen molar-refractivity contribution >= 4 is 11.9 Å². The first-order valence-corrected chi connectivity index (χ1v) is 7.23. The lowest BCUT2D eigenvalue weighted by atomic mass is 10.2. The van der Waals surface area contributed by atoms with Gasteiger partial charge < -0.3 is 5.32 Å². The number of hydrogen-bond donors (Lipinski definition) is 2. The highest BCUT2D eigenvalue weighted by molar-refractivity contribution is 5.96. The van der Waals surface area contributed by atoms with Gasteiger partial charge in [-0.15, -0.1) is 0 Å². The van der Waals surface area contributed by atoms with Crippen molar-refractivity contribution in [3.63, 3.8) is 0 Å². The van der Waals surface area contributed by atoms with Crippen LogP contribution in [0, 0.1) is 5.92 Å². The fourth-order valence-corrected chi connectivity index (χ4v) is 1.77. The number of benzene rings is 1. The highest BCUT2D eigenvalue weighted by Crippen LogP contribution is 2.06. The van der Waals surface area contributed by atoms with E-state index in [1.54, 1.807) is 6.92 Å². The molecular weight excluding hydrogens is 266 g/mol. The van der Waals surface area contributed by atoms with Crippen LogP contribution in [0.2, 0.25) is 0 Å². The van der Waals surface area contributed by atoms with Crippen LogP contribution in [0.4, 0.5) is 4.79 Å². The van der Waals surface area contributed by atoms with E-state index in [4.69, 9.17) is 0 Å². The normalized spacial score (nSPS) is 12.3. The Morgan fingerprint density at radius 3 is 2.33 bits per heavy atom. The van der Waals surface area contributed by atoms with Crippen molar-refractivity contribution in [2.75, 3.05) is 13.6 Å². The van der Waals surface area contributed by atoms with Crippen molar-refractivity contribution in [1.82, 2.24) is 15.5 Å². The summed E-state index contributed by atoms with van der Waals surface area (Å²) < 4.78 is 0. The molecule has 3 amide bonds. The molecule has 5 heteroatoms. The topological polar surface area (TPSA) is 61.4 Å². The van der Waals surface area contributed by atoms with E-state index in [1.807, 2.05) is 56.1 Å². The van der Waals surface area contributed by atoms with Crippen LogP contribution < -0.4 is 10.6 Å². The Morgan fingerprint density at radius 2 is 1.76 bits per heavy atom. The molecule has 0 radical (unpaired) electrons. The van der Waals surface area contributed by atoms with Crippen molar-refractivity contribution in [3.8, 4) is 0 Å². The Balaban J connectivity index is 2.44. The van der Waals surface area contributed by atoms with Crippen LogP contribution in [-0.4, -0.2) is 36.5 Å². The fourth-order valence-electron chi connectivity index (χ4n) is 1.77. The van der Waals surface area contributed by atoms with Gasteiger partial charge >= 0.3 is 6.03 Å². The van der Waals surface area contributed by atoms with Crippen molar-refractivity contribution < 1.29 is 9.59 Å². The zero-order valence-corrected chi connectivity index (χ0v) is 13.2. The molecule has 0 bridgehead atoms. The first-order valence-electron chi connectivity index (χ1n) is 7.23. The van der Waals surface area contributed by atoms with Crippen LogP contribution in [-0.2, 0) is 11.3 Å². The number of likely N-dealkylation sites (N-methyl/N-ethyl adjacent to an activating group) is 1. The molecule has 0 aliphatic heterocycles. The molecule has 5 nitrogen and oxygen atoms in total. The van der Waals surface area contributed by atoms with E-state index >= 15 is 0 Å². The number of rotatable bonds is 6. The summed E-state index contributed by atoms with van der Waals surface area (Å²) in [6, 6.07) is 9.09. The first kappa shape index (κ1) is 17.2. The van der Waals surface area contributed by atoms with Gasteiger partial charge in [-0.05, 0) is 25.5 Å². The van der Waals surface area contributed by atoms with E-state index in [1.165, 1.54) is 0 Å². The van der Waals surface area contributed by atoms with Crippen molar-refractivity contribution in [3.05, 3.63) is 35.9 Å². The highest BCUT2D eigenvalue weighted by atomic mass is 16.2. The summed E-state index contributed by atoms with van der Waals surface area (Å²) in [5.41, 5.74) is 1.13. The third kappa shape index (κ3) is 6.40. The molecule has 2 N–H and O–H groups in total. The van der Waals surface area contributed by atoms with E-state index in [9.17, 15) is 9.59 Å². The highest BCUT2D eigenvalue weighted by Gasteiger charge is 2.20. The molecule has 21 heavy (non-hydrogen) atoms. The minimum atomic E-state index is -0.436. The van der Waals surface area contributed by atoms with Gasteiger partial charge in [0.2, 0.25) is 5.91 Å². The monoisotopic (exact) mass is 291 g/mol. The largest absolute Gasteiger partial charge is 0.338 e. The van der Waals surface area contributed by atoms with Gasteiger partial charge in [0, 0.05) is 13.1 Å². The molecule has 0 aromatic heterocycles. The van der Waals surface area contributed by atoms with Crippen molar-refractivity contribution in [2.24, 2.45) is 5.92 Å². The number of carbonyl (C=O) groups excluding carboxylic acids is 2. The number of amides is 3. The number of urea groups is 1. The predicted molar refractivity (Wildman–Crippen MR) is 83.8 cm³/mol. The lowest BCUT2D eigenvalue weighted by Gasteiger charge is -2.23. The van der Waals surface area contributed by atoms with Crippen LogP contribution in [0.25, 0.3) is 0 Å². The van der Waals surface area contributed by atoms with Gasteiger partial charge in [-0.25, -0.2) is 4.79 Å². The second-order valence-electron chi connectivity index (χ2n) is 5.67. The summed E-state index contributed by atoms with van der Waals surface area (Å²) in [6.07, 6.45) is 0. The molecule has 0 saturated carbocycles. The van der Waals surface area contributed by atoms with Crippen molar-refractivity contribution in [2.45, 2.75) is 33.4 Å². The lowest BCUT2D eigenvalue weighted by molar-refractivity contribution is -0.124. The maximum Gasteiger partial charge on any atom is 0.321 e.